The van der Waals surface area contributed by atoms with Crippen molar-refractivity contribution in [1.29, 1.82) is 0 Å². The molecule has 0 saturated heterocycles. The van der Waals surface area contributed by atoms with Crippen molar-refractivity contribution < 1.29 is 18.7 Å². The molecule has 6 heteroatoms. The summed E-state index contributed by atoms with van der Waals surface area (Å²) < 4.78 is 25.4. The Kier molecular flexibility index (Phi) is 5.58. The lowest BCUT2D eigenvalue weighted by Crippen LogP contribution is -2.32. The maximum Gasteiger partial charge on any atom is 0.305 e. The van der Waals surface area contributed by atoms with Crippen LogP contribution in [0, 0.1) is 13.8 Å². The second kappa shape index (κ2) is 7.90. The minimum absolute atomic E-state index is 0.330. The van der Waals surface area contributed by atoms with Crippen molar-refractivity contribution >= 4 is 33.7 Å². The Hall–Kier alpha value is -2.70. The van der Waals surface area contributed by atoms with Crippen molar-refractivity contribution in [2.75, 3.05) is 4.31 Å². The SMILES string of the molecule is Cc1ccc(C(CC(=O)O)N(c2ccc3ccccc3c2)S(=O)[O-])cc1C. The van der Waals surface area contributed by atoms with E-state index in [0.29, 0.717) is 11.3 Å². The highest BCUT2D eigenvalue weighted by molar-refractivity contribution is 7.80. The topological polar surface area (TPSA) is 80.7 Å². The largest absolute Gasteiger partial charge is 0.755 e. The number of carboxylic acids is 1. The monoisotopic (exact) mass is 382 g/mol. The minimum atomic E-state index is -2.64. The molecule has 140 valence electrons. The molecular weight excluding hydrogens is 362 g/mol. The maximum atomic E-state index is 12.1. The molecule has 0 aliphatic carbocycles. The Morgan fingerprint density at radius 1 is 1.04 bits per heavy atom. The number of carboxylic acid groups (broad SMARTS) is 1. The number of anilines is 1. The molecule has 0 aromatic heterocycles. The molecule has 2 atom stereocenters. The normalized spacial score (nSPS) is 13.3. The molecule has 5 nitrogen and oxygen atoms in total. The first-order valence-electron chi connectivity index (χ1n) is 8.53. The molecule has 0 amide bonds. The van der Waals surface area contributed by atoms with Gasteiger partial charge in [-0.15, -0.1) is 0 Å². The van der Waals surface area contributed by atoms with Gasteiger partial charge in [-0.2, -0.15) is 0 Å². The zero-order valence-electron chi connectivity index (χ0n) is 15.1. The van der Waals surface area contributed by atoms with Crippen LogP contribution in [0.5, 0.6) is 0 Å². The molecule has 1 N–H and O–H groups in total. The number of fused-ring (bicyclic) bond motifs is 1. The van der Waals surface area contributed by atoms with E-state index >= 15 is 0 Å². The summed E-state index contributed by atoms with van der Waals surface area (Å²) >= 11 is -2.64. The van der Waals surface area contributed by atoms with Gasteiger partial charge in [0.05, 0.1) is 12.5 Å². The summed E-state index contributed by atoms with van der Waals surface area (Å²) in [6.45, 7) is 3.88. The first-order chi connectivity index (χ1) is 12.9. The van der Waals surface area contributed by atoms with Crippen molar-refractivity contribution in [2.24, 2.45) is 0 Å². The number of nitrogens with zero attached hydrogens (tertiary/aromatic N) is 1. The highest BCUT2D eigenvalue weighted by atomic mass is 32.2. The van der Waals surface area contributed by atoms with Crippen LogP contribution in [0.1, 0.15) is 29.2 Å². The Bertz CT molecular complexity index is 1020. The lowest BCUT2D eigenvalue weighted by atomic mass is 9.98. The summed E-state index contributed by atoms with van der Waals surface area (Å²) in [6.07, 6.45) is -0.330. The fourth-order valence-corrected chi connectivity index (χ4v) is 3.85. The Labute approximate surface area is 160 Å². The van der Waals surface area contributed by atoms with Crippen LogP contribution in [0.4, 0.5) is 5.69 Å². The van der Waals surface area contributed by atoms with Crippen LogP contribution < -0.4 is 4.31 Å². The van der Waals surface area contributed by atoms with Gasteiger partial charge in [-0.05, 0) is 53.4 Å². The lowest BCUT2D eigenvalue weighted by molar-refractivity contribution is -0.137. The Balaban J connectivity index is 2.12. The quantitative estimate of drug-likeness (QED) is 0.646. The third kappa shape index (κ3) is 4.18. The van der Waals surface area contributed by atoms with E-state index in [1.165, 1.54) is 0 Å². The van der Waals surface area contributed by atoms with Crippen molar-refractivity contribution in [3.8, 4) is 0 Å². The van der Waals surface area contributed by atoms with Crippen LogP contribution >= 0.6 is 0 Å². The van der Waals surface area contributed by atoms with Gasteiger partial charge in [0.25, 0.3) is 0 Å². The van der Waals surface area contributed by atoms with Crippen LogP contribution in [-0.2, 0) is 16.1 Å². The van der Waals surface area contributed by atoms with Gasteiger partial charge in [0.1, 0.15) is 0 Å². The molecule has 0 bridgehead atoms. The molecule has 0 fully saturated rings. The molecule has 0 saturated carbocycles. The van der Waals surface area contributed by atoms with Crippen LogP contribution in [0.25, 0.3) is 10.8 Å². The van der Waals surface area contributed by atoms with E-state index in [-0.39, 0.29) is 6.42 Å². The zero-order valence-corrected chi connectivity index (χ0v) is 15.9. The fraction of sp³-hybridized carbons (Fsp3) is 0.190. The van der Waals surface area contributed by atoms with Gasteiger partial charge in [0, 0.05) is 17.0 Å². The Morgan fingerprint density at radius 2 is 1.74 bits per heavy atom. The second-order valence-electron chi connectivity index (χ2n) is 6.53. The predicted octanol–water partition coefficient (Wildman–Crippen LogP) is 4.27. The summed E-state index contributed by atoms with van der Waals surface area (Å²) in [5.74, 6) is -1.06. The van der Waals surface area contributed by atoms with Gasteiger partial charge >= 0.3 is 5.97 Å². The predicted molar refractivity (Wildman–Crippen MR) is 106 cm³/mol. The highest BCUT2D eigenvalue weighted by Crippen LogP contribution is 2.33. The number of hydrogen-bond donors (Lipinski definition) is 1. The van der Waals surface area contributed by atoms with E-state index in [0.717, 1.165) is 26.2 Å². The number of benzene rings is 3. The average Bonchev–Trinajstić information content (AvgIpc) is 2.63. The fourth-order valence-electron chi connectivity index (χ4n) is 3.16. The van der Waals surface area contributed by atoms with Crippen LogP contribution in [-0.4, -0.2) is 19.8 Å². The number of hydrogen-bond acceptors (Lipinski definition) is 3. The lowest BCUT2D eigenvalue weighted by Gasteiger charge is -2.34. The first kappa shape index (κ1) is 19.1. The van der Waals surface area contributed by atoms with E-state index in [2.05, 4.69) is 0 Å². The van der Waals surface area contributed by atoms with Crippen LogP contribution in [0.3, 0.4) is 0 Å². The maximum absolute atomic E-state index is 12.1. The van der Waals surface area contributed by atoms with E-state index in [4.69, 9.17) is 0 Å². The zero-order chi connectivity index (χ0) is 19.6. The highest BCUT2D eigenvalue weighted by Gasteiger charge is 2.25. The van der Waals surface area contributed by atoms with Crippen molar-refractivity contribution in [3.05, 3.63) is 77.4 Å². The minimum Gasteiger partial charge on any atom is -0.755 e. The number of carbonyl (C=O) groups is 1. The van der Waals surface area contributed by atoms with Gasteiger partial charge in [-0.3, -0.25) is 13.3 Å². The summed E-state index contributed by atoms with van der Waals surface area (Å²) in [7, 11) is 0. The third-order valence-corrected chi connectivity index (χ3v) is 5.50. The molecule has 0 aliphatic heterocycles. The summed E-state index contributed by atoms with van der Waals surface area (Å²) in [5.41, 5.74) is 3.13. The molecule has 0 aliphatic rings. The summed E-state index contributed by atoms with van der Waals surface area (Å²) in [5, 5.41) is 11.3. The number of aliphatic carboxylic acids is 1. The summed E-state index contributed by atoms with van der Waals surface area (Å²) in [6, 6.07) is 17.6. The van der Waals surface area contributed by atoms with E-state index in [9.17, 15) is 18.7 Å². The Morgan fingerprint density at radius 3 is 2.37 bits per heavy atom. The molecule has 0 heterocycles. The average molecular weight is 382 g/mol. The van der Waals surface area contributed by atoms with E-state index in [1.54, 1.807) is 18.2 Å². The van der Waals surface area contributed by atoms with Crippen molar-refractivity contribution in [2.45, 2.75) is 26.3 Å². The van der Waals surface area contributed by atoms with Crippen molar-refractivity contribution in [3.63, 3.8) is 0 Å². The number of rotatable bonds is 6. The smallest absolute Gasteiger partial charge is 0.305 e. The van der Waals surface area contributed by atoms with Gasteiger partial charge in [-0.25, -0.2) is 0 Å². The van der Waals surface area contributed by atoms with E-state index in [1.807, 2.05) is 56.3 Å². The molecule has 27 heavy (non-hydrogen) atoms. The van der Waals surface area contributed by atoms with Gasteiger partial charge in [-0.1, -0.05) is 48.5 Å². The van der Waals surface area contributed by atoms with Gasteiger partial charge in [0.2, 0.25) is 0 Å². The third-order valence-electron chi connectivity index (χ3n) is 4.71. The van der Waals surface area contributed by atoms with Crippen LogP contribution in [0.15, 0.2) is 60.7 Å². The molecule has 3 rings (SSSR count). The summed E-state index contributed by atoms with van der Waals surface area (Å²) in [4.78, 5) is 11.5. The molecule has 3 aromatic carbocycles. The second-order valence-corrected chi connectivity index (χ2v) is 7.36. The first-order valence-corrected chi connectivity index (χ1v) is 9.56. The number of aryl methyl sites for hydroxylation is 2. The molecule has 3 aromatic rings. The molecular formula is C21H20NO4S-. The molecule has 0 spiro atoms. The van der Waals surface area contributed by atoms with Gasteiger partial charge < -0.3 is 9.66 Å². The molecule has 0 radical (unpaired) electrons. The van der Waals surface area contributed by atoms with Gasteiger partial charge in [0.15, 0.2) is 0 Å². The van der Waals surface area contributed by atoms with Crippen LogP contribution in [0.2, 0.25) is 0 Å². The van der Waals surface area contributed by atoms with Crippen molar-refractivity contribution in [1.82, 2.24) is 0 Å². The van der Waals surface area contributed by atoms with E-state index < -0.39 is 23.3 Å². The standard InChI is InChI=1S/C21H21NO4S/c1-14-7-8-18(11-15(14)2)20(13-21(23)24)22(27(25)26)19-10-9-16-5-3-4-6-17(16)12-19/h3-12,20H,13H2,1-2H3,(H,23,24)(H,25,26)/p-1. The molecule has 2 unspecified atom stereocenters.